The number of likely N-dealkylation sites (tertiary alicyclic amines) is 1. The zero-order valence-corrected chi connectivity index (χ0v) is 15.4. The van der Waals surface area contributed by atoms with Gasteiger partial charge in [0.1, 0.15) is 6.10 Å². The van der Waals surface area contributed by atoms with Crippen molar-refractivity contribution < 1.29 is 9.53 Å². The van der Waals surface area contributed by atoms with Crippen LogP contribution in [0.25, 0.3) is 0 Å². The summed E-state index contributed by atoms with van der Waals surface area (Å²) in [7, 11) is 1.96. The third-order valence-electron chi connectivity index (χ3n) is 6.21. The van der Waals surface area contributed by atoms with Crippen LogP contribution in [-0.4, -0.2) is 51.9 Å². The van der Waals surface area contributed by atoms with E-state index in [1.165, 1.54) is 18.4 Å². The lowest BCUT2D eigenvalue weighted by Gasteiger charge is -2.44. The van der Waals surface area contributed by atoms with Crippen LogP contribution in [0.1, 0.15) is 44.6 Å². The Morgan fingerprint density at radius 2 is 2.24 bits per heavy atom. The average molecular weight is 346 g/mol. The molecule has 1 saturated carbocycles. The number of amides is 1. The maximum atomic E-state index is 12.4. The Kier molecular flexibility index (Phi) is 4.58. The first-order chi connectivity index (χ1) is 12.0. The summed E-state index contributed by atoms with van der Waals surface area (Å²) in [4.78, 5) is 14.8. The second-order valence-electron chi connectivity index (χ2n) is 8.31. The molecule has 3 aliphatic rings. The number of hydrogen-bond donors (Lipinski definition) is 1. The molecule has 3 atom stereocenters. The molecule has 1 N–H and O–H groups in total. The van der Waals surface area contributed by atoms with Gasteiger partial charge in [0.15, 0.2) is 0 Å². The molecule has 1 aromatic heterocycles. The third-order valence-corrected chi connectivity index (χ3v) is 6.21. The van der Waals surface area contributed by atoms with Gasteiger partial charge < -0.3 is 10.1 Å². The summed E-state index contributed by atoms with van der Waals surface area (Å²) < 4.78 is 8.22. The highest BCUT2D eigenvalue weighted by molar-refractivity contribution is 5.81. The first-order valence-electron chi connectivity index (χ1n) is 9.69. The van der Waals surface area contributed by atoms with E-state index >= 15 is 0 Å². The molecule has 0 radical (unpaired) electrons. The van der Waals surface area contributed by atoms with Gasteiger partial charge in [0.2, 0.25) is 5.91 Å². The lowest BCUT2D eigenvalue weighted by molar-refractivity contribution is -0.147. The number of hydrogen-bond acceptors (Lipinski definition) is 4. The number of aryl methyl sites for hydroxylation is 1. The van der Waals surface area contributed by atoms with Crippen LogP contribution in [0.2, 0.25) is 0 Å². The highest BCUT2D eigenvalue weighted by Crippen LogP contribution is 2.42. The van der Waals surface area contributed by atoms with E-state index in [4.69, 9.17) is 4.74 Å². The normalized spacial score (nSPS) is 33.0. The molecule has 0 bridgehead atoms. The van der Waals surface area contributed by atoms with Crippen molar-refractivity contribution in [3.05, 3.63) is 18.0 Å². The van der Waals surface area contributed by atoms with Gasteiger partial charge in [0.25, 0.3) is 0 Å². The van der Waals surface area contributed by atoms with Crippen molar-refractivity contribution in [3.63, 3.8) is 0 Å². The Morgan fingerprint density at radius 3 is 2.92 bits per heavy atom. The number of nitrogens with zero attached hydrogens (tertiary/aromatic N) is 3. The molecule has 4 rings (SSSR count). The molecule has 138 valence electrons. The van der Waals surface area contributed by atoms with Crippen LogP contribution < -0.4 is 5.32 Å². The number of ether oxygens (including phenoxy) is 1. The molecule has 3 fully saturated rings. The minimum Gasteiger partial charge on any atom is -0.362 e. The molecule has 1 aromatic rings. The topological polar surface area (TPSA) is 59.4 Å². The molecule has 2 aliphatic heterocycles. The predicted molar refractivity (Wildman–Crippen MR) is 94.8 cm³/mol. The van der Waals surface area contributed by atoms with E-state index in [1.54, 1.807) is 0 Å². The maximum absolute atomic E-state index is 12.4. The van der Waals surface area contributed by atoms with Crippen LogP contribution in [0.3, 0.4) is 0 Å². The summed E-state index contributed by atoms with van der Waals surface area (Å²) in [6, 6.07) is 0. The van der Waals surface area contributed by atoms with Gasteiger partial charge in [-0.2, -0.15) is 5.10 Å². The van der Waals surface area contributed by atoms with Crippen molar-refractivity contribution in [1.82, 2.24) is 20.0 Å². The molecule has 0 unspecified atom stereocenters. The number of rotatable bonds is 5. The van der Waals surface area contributed by atoms with E-state index in [1.807, 2.05) is 17.9 Å². The molecular weight excluding hydrogens is 316 g/mol. The number of nitrogens with one attached hydrogen (secondary N) is 1. The lowest BCUT2D eigenvalue weighted by Crippen LogP contribution is -2.51. The van der Waals surface area contributed by atoms with Crippen LogP contribution in [0.5, 0.6) is 0 Å². The van der Waals surface area contributed by atoms with Crippen LogP contribution in [0.4, 0.5) is 0 Å². The smallest absolute Gasteiger partial charge is 0.249 e. The summed E-state index contributed by atoms with van der Waals surface area (Å²) in [6.45, 7) is 6.10. The van der Waals surface area contributed by atoms with Crippen LogP contribution >= 0.6 is 0 Å². The molecule has 1 amide bonds. The molecule has 25 heavy (non-hydrogen) atoms. The van der Waals surface area contributed by atoms with Gasteiger partial charge in [-0.25, -0.2) is 0 Å². The fourth-order valence-electron chi connectivity index (χ4n) is 4.38. The molecule has 2 saturated heterocycles. The second-order valence-corrected chi connectivity index (χ2v) is 8.31. The Labute approximate surface area is 149 Å². The first kappa shape index (κ1) is 17.0. The zero-order valence-electron chi connectivity index (χ0n) is 15.4. The van der Waals surface area contributed by atoms with Crippen LogP contribution in [0, 0.1) is 11.8 Å². The lowest BCUT2D eigenvalue weighted by atomic mass is 9.80. The minimum atomic E-state index is -0.244. The largest absolute Gasteiger partial charge is 0.362 e. The van der Waals surface area contributed by atoms with E-state index in [2.05, 4.69) is 28.4 Å². The van der Waals surface area contributed by atoms with E-state index in [0.717, 1.165) is 45.4 Å². The molecular formula is C19H30N4O2. The van der Waals surface area contributed by atoms with Gasteiger partial charge in [0.05, 0.1) is 11.8 Å². The molecule has 6 heteroatoms. The zero-order chi connectivity index (χ0) is 17.4. The van der Waals surface area contributed by atoms with Crippen molar-refractivity contribution in [2.45, 2.75) is 57.3 Å². The maximum Gasteiger partial charge on any atom is 0.249 e. The van der Waals surface area contributed by atoms with Gasteiger partial charge in [-0.1, -0.05) is 6.92 Å². The second kappa shape index (κ2) is 6.72. The number of carbonyl (C=O) groups is 1. The predicted octanol–water partition coefficient (Wildman–Crippen LogP) is 1.71. The van der Waals surface area contributed by atoms with E-state index in [-0.39, 0.29) is 17.6 Å². The van der Waals surface area contributed by atoms with Gasteiger partial charge in [0, 0.05) is 45.0 Å². The monoisotopic (exact) mass is 346 g/mol. The summed E-state index contributed by atoms with van der Waals surface area (Å²) in [5, 5.41) is 7.34. The third kappa shape index (κ3) is 3.75. The first-order valence-corrected chi connectivity index (χ1v) is 9.69. The van der Waals surface area contributed by atoms with Gasteiger partial charge in [-0.05, 0) is 43.9 Å². The SMILES string of the molecule is C[C@H]1CN(Cc2cnn(C)c2)CC[C@]12CC[C@@H](C(=O)NCC1CC1)O2. The van der Waals surface area contributed by atoms with Crippen molar-refractivity contribution in [1.29, 1.82) is 0 Å². The molecule has 3 heterocycles. The highest BCUT2D eigenvalue weighted by atomic mass is 16.5. The van der Waals surface area contributed by atoms with Gasteiger partial charge in [-0.3, -0.25) is 14.4 Å². The summed E-state index contributed by atoms with van der Waals surface area (Å²) >= 11 is 0. The summed E-state index contributed by atoms with van der Waals surface area (Å²) in [5.41, 5.74) is 1.16. The van der Waals surface area contributed by atoms with E-state index in [0.29, 0.717) is 11.8 Å². The fraction of sp³-hybridized carbons (Fsp3) is 0.789. The summed E-state index contributed by atoms with van der Waals surface area (Å²) in [5.74, 6) is 1.27. The Morgan fingerprint density at radius 1 is 1.40 bits per heavy atom. The molecule has 1 aliphatic carbocycles. The van der Waals surface area contributed by atoms with Crippen molar-refractivity contribution in [2.75, 3.05) is 19.6 Å². The number of aromatic nitrogens is 2. The van der Waals surface area contributed by atoms with Crippen molar-refractivity contribution in [2.24, 2.45) is 18.9 Å². The van der Waals surface area contributed by atoms with Gasteiger partial charge in [-0.15, -0.1) is 0 Å². The fourth-order valence-corrected chi connectivity index (χ4v) is 4.38. The van der Waals surface area contributed by atoms with E-state index < -0.39 is 0 Å². The molecule has 6 nitrogen and oxygen atoms in total. The van der Waals surface area contributed by atoms with Crippen LogP contribution in [0.15, 0.2) is 12.4 Å². The van der Waals surface area contributed by atoms with E-state index in [9.17, 15) is 4.79 Å². The summed E-state index contributed by atoms with van der Waals surface area (Å²) in [6.07, 6.45) is 9.20. The van der Waals surface area contributed by atoms with Gasteiger partial charge >= 0.3 is 0 Å². The highest BCUT2D eigenvalue weighted by Gasteiger charge is 2.48. The molecule has 0 aromatic carbocycles. The van der Waals surface area contributed by atoms with Crippen LogP contribution in [-0.2, 0) is 23.1 Å². The quantitative estimate of drug-likeness (QED) is 0.882. The Balaban J connectivity index is 1.30. The standard InChI is InChI=1S/C19H30N4O2/c1-14-11-23(13-16-10-21-22(2)12-16)8-7-19(14)6-5-17(25-19)18(24)20-9-15-3-4-15/h10,12,14-15,17H,3-9,11,13H2,1-2H3,(H,20,24)/t14-,17-,19+/m0/s1. The minimum absolute atomic E-state index is 0.104. The number of piperidine rings is 1. The molecule has 1 spiro atoms. The van der Waals surface area contributed by atoms with Crippen molar-refractivity contribution in [3.8, 4) is 0 Å². The Bertz CT molecular complexity index is 627. The average Bonchev–Trinajstić information content (AvgIpc) is 3.18. The number of carbonyl (C=O) groups excluding carboxylic acids is 1. The Hall–Kier alpha value is -1.40. The van der Waals surface area contributed by atoms with Crippen molar-refractivity contribution >= 4 is 5.91 Å².